The molecule has 3 nitrogen and oxygen atoms in total. The van der Waals surface area contributed by atoms with Gasteiger partial charge in [-0.3, -0.25) is 0 Å². The molecule has 0 spiro atoms. The van der Waals surface area contributed by atoms with Crippen LogP contribution in [0.3, 0.4) is 0 Å². The lowest BCUT2D eigenvalue weighted by molar-refractivity contribution is -0.117. The number of hydrogen-bond acceptors (Lipinski definition) is 3. The number of carbonyl (C=O) groups is 1. The van der Waals surface area contributed by atoms with Gasteiger partial charge in [-0.25, -0.2) is 14.4 Å². The maximum absolute atomic E-state index is 13.4. The Bertz CT molecular complexity index is 840. The van der Waals surface area contributed by atoms with Gasteiger partial charge >= 0.3 is 0 Å². The van der Waals surface area contributed by atoms with Gasteiger partial charge in [-0.1, -0.05) is 39.8 Å². The van der Waals surface area contributed by atoms with Crippen molar-refractivity contribution in [2.24, 2.45) is 11.8 Å². The fraction of sp³-hybridized carbons (Fsp3) is 0.458. The molecule has 0 bridgehead atoms. The number of allylic oxidation sites excluding steroid dienone is 1. The predicted octanol–water partition coefficient (Wildman–Crippen LogP) is 6.37. The van der Waals surface area contributed by atoms with E-state index in [2.05, 4.69) is 49.8 Å². The molecule has 0 fully saturated rings. The number of Topliss-reactive ketones (excluding diaryl/α,β-unsaturated/α-hetero) is 1. The summed E-state index contributed by atoms with van der Waals surface area (Å²) in [5.41, 5.74) is 3.69. The number of benzene rings is 1. The monoisotopic (exact) mass is 382 g/mol. The first-order valence-electron chi connectivity index (χ1n) is 9.99. The summed E-state index contributed by atoms with van der Waals surface area (Å²) in [6, 6.07) is 6.44. The van der Waals surface area contributed by atoms with Gasteiger partial charge < -0.3 is 4.79 Å². The summed E-state index contributed by atoms with van der Waals surface area (Å²) in [6.45, 7) is 12.0. The molecule has 0 saturated heterocycles. The predicted molar refractivity (Wildman–Crippen MR) is 114 cm³/mol. The Morgan fingerprint density at radius 3 is 2.32 bits per heavy atom. The van der Waals surface area contributed by atoms with Crippen molar-refractivity contribution in [2.45, 2.75) is 60.3 Å². The molecule has 2 aromatic rings. The van der Waals surface area contributed by atoms with E-state index >= 15 is 0 Å². The molecule has 0 aliphatic rings. The molecule has 28 heavy (non-hydrogen) atoms. The Labute approximate surface area is 168 Å². The lowest BCUT2D eigenvalue weighted by atomic mass is 9.91. The van der Waals surface area contributed by atoms with Crippen LogP contribution in [0.1, 0.15) is 70.5 Å². The number of halogens is 1. The van der Waals surface area contributed by atoms with E-state index in [9.17, 15) is 9.18 Å². The standard InChI is InChI=1S/C24H31FN2O/c1-15(2)23-22(12-7-16(3)13-17(4)14-18(5)28)24(27-19(6)26-23)20-8-10-21(25)11-9-20/h7-12,15-17H,13-14H2,1-6H3/b12-7+/t16-,17-/m1/s1. The van der Waals surface area contributed by atoms with E-state index in [-0.39, 0.29) is 17.5 Å². The van der Waals surface area contributed by atoms with Gasteiger partial charge in [-0.05, 0) is 62.3 Å². The largest absolute Gasteiger partial charge is 0.300 e. The maximum Gasteiger partial charge on any atom is 0.130 e. The first kappa shape index (κ1) is 21.9. The molecular weight excluding hydrogens is 351 g/mol. The second-order valence-electron chi connectivity index (χ2n) is 8.16. The number of rotatable bonds is 8. The van der Waals surface area contributed by atoms with E-state index in [1.165, 1.54) is 12.1 Å². The number of nitrogens with zero attached hydrogens (tertiary/aromatic N) is 2. The van der Waals surface area contributed by atoms with Gasteiger partial charge in [0.15, 0.2) is 0 Å². The number of carbonyl (C=O) groups excluding carboxylic acids is 1. The van der Waals surface area contributed by atoms with Gasteiger partial charge in [0.05, 0.1) is 11.4 Å². The molecule has 4 heteroatoms. The van der Waals surface area contributed by atoms with Gasteiger partial charge in [0.2, 0.25) is 0 Å². The molecule has 0 N–H and O–H groups in total. The zero-order valence-electron chi connectivity index (χ0n) is 17.8. The molecule has 1 aromatic carbocycles. The van der Waals surface area contributed by atoms with Crippen LogP contribution in [0.2, 0.25) is 0 Å². The Morgan fingerprint density at radius 2 is 1.75 bits per heavy atom. The van der Waals surface area contributed by atoms with Gasteiger partial charge in [0.25, 0.3) is 0 Å². The molecule has 0 aliphatic carbocycles. The SMILES string of the molecule is CC(=O)C[C@H](C)C[C@H](C)/C=C/c1c(-c2ccc(F)cc2)nc(C)nc1C(C)C. The summed E-state index contributed by atoms with van der Waals surface area (Å²) in [7, 11) is 0. The summed E-state index contributed by atoms with van der Waals surface area (Å²) in [5, 5.41) is 0. The second-order valence-corrected chi connectivity index (χ2v) is 8.16. The van der Waals surface area contributed by atoms with Crippen LogP contribution in [-0.2, 0) is 4.79 Å². The molecule has 0 unspecified atom stereocenters. The molecule has 150 valence electrons. The van der Waals surface area contributed by atoms with Crippen LogP contribution in [0.25, 0.3) is 17.3 Å². The van der Waals surface area contributed by atoms with Crippen molar-refractivity contribution >= 4 is 11.9 Å². The minimum atomic E-state index is -0.260. The molecule has 1 heterocycles. The van der Waals surface area contributed by atoms with Crippen LogP contribution >= 0.6 is 0 Å². The molecule has 2 rings (SSSR count). The van der Waals surface area contributed by atoms with Crippen LogP contribution in [0.4, 0.5) is 4.39 Å². The zero-order valence-corrected chi connectivity index (χ0v) is 17.8. The first-order valence-corrected chi connectivity index (χ1v) is 9.99. The molecule has 2 atom stereocenters. The summed E-state index contributed by atoms with van der Waals surface area (Å²) < 4.78 is 13.4. The van der Waals surface area contributed by atoms with Crippen molar-refractivity contribution in [3.63, 3.8) is 0 Å². The lowest BCUT2D eigenvalue weighted by Gasteiger charge is -2.16. The summed E-state index contributed by atoms with van der Waals surface area (Å²) in [6.07, 6.45) is 5.83. The van der Waals surface area contributed by atoms with E-state index in [4.69, 9.17) is 0 Å². The van der Waals surface area contributed by atoms with Crippen molar-refractivity contribution in [3.8, 4) is 11.3 Å². The Hall–Kier alpha value is -2.36. The minimum Gasteiger partial charge on any atom is -0.300 e. The highest BCUT2D eigenvalue weighted by Crippen LogP contribution is 2.30. The van der Waals surface area contributed by atoms with Crippen LogP contribution < -0.4 is 0 Å². The lowest BCUT2D eigenvalue weighted by Crippen LogP contribution is -2.07. The van der Waals surface area contributed by atoms with E-state index in [1.807, 2.05) is 6.92 Å². The fourth-order valence-electron chi connectivity index (χ4n) is 3.58. The number of aromatic nitrogens is 2. The van der Waals surface area contributed by atoms with Crippen LogP contribution in [0.15, 0.2) is 30.3 Å². The van der Waals surface area contributed by atoms with E-state index < -0.39 is 0 Å². The van der Waals surface area contributed by atoms with Gasteiger partial charge in [-0.15, -0.1) is 0 Å². The Balaban J connectivity index is 2.40. The Kier molecular flexibility index (Phi) is 7.61. The quantitative estimate of drug-likeness (QED) is 0.533. The number of ketones is 1. The molecule has 1 aromatic heterocycles. The molecule has 0 aliphatic heterocycles. The third-order valence-corrected chi connectivity index (χ3v) is 4.75. The van der Waals surface area contributed by atoms with Crippen LogP contribution in [-0.4, -0.2) is 15.8 Å². The number of aryl methyl sites for hydroxylation is 1. The second kappa shape index (κ2) is 9.72. The van der Waals surface area contributed by atoms with Crippen LogP contribution in [0.5, 0.6) is 0 Å². The van der Waals surface area contributed by atoms with Crippen molar-refractivity contribution in [3.05, 3.63) is 53.2 Å². The van der Waals surface area contributed by atoms with Crippen molar-refractivity contribution in [1.29, 1.82) is 0 Å². The third-order valence-electron chi connectivity index (χ3n) is 4.75. The summed E-state index contributed by atoms with van der Waals surface area (Å²) in [5.74, 6) is 1.61. The molecule has 0 saturated carbocycles. The highest BCUT2D eigenvalue weighted by Gasteiger charge is 2.16. The van der Waals surface area contributed by atoms with Gasteiger partial charge in [-0.2, -0.15) is 0 Å². The molecular formula is C24H31FN2O. The zero-order chi connectivity index (χ0) is 20.8. The van der Waals surface area contributed by atoms with Gasteiger partial charge in [0, 0.05) is 17.5 Å². The summed E-state index contributed by atoms with van der Waals surface area (Å²) in [4.78, 5) is 20.7. The molecule has 0 radical (unpaired) electrons. The van der Waals surface area contributed by atoms with Crippen molar-refractivity contribution in [2.75, 3.05) is 0 Å². The maximum atomic E-state index is 13.4. The highest BCUT2D eigenvalue weighted by atomic mass is 19.1. The van der Waals surface area contributed by atoms with Crippen molar-refractivity contribution < 1.29 is 9.18 Å². The minimum absolute atomic E-state index is 0.233. The smallest absolute Gasteiger partial charge is 0.130 e. The number of hydrogen-bond donors (Lipinski definition) is 0. The topological polar surface area (TPSA) is 42.9 Å². The average Bonchev–Trinajstić information content (AvgIpc) is 2.59. The average molecular weight is 383 g/mol. The van der Waals surface area contributed by atoms with E-state index in [0.717, 1.165) is 28.9 Å². The fourth-order valence-corrected chi connectivity index (χ4v) is 3.58. The molecule has 0 amide bonds. The van der Waals surface area contributed by atoms with E-state index in [1.54, 1.807) is 19.1 Å². The van der Waals surface area contributed by atoms with Gasteiger partial charge in [0.1, 0.15) is 17.4 Å². The van der Waals surface area contributed by atoms with E-state index in [0.29, 0.717) is 24.1 Å². The highest BCUT2D eigenvalue weighted by molar-refractivity contribution is 5.75. The third kappa shape index (κ3) is 6.08. The Morgan fingerprint density at radius 1 is 1.11 bits per heavy atom. The normalized spacial score (nSPS) is 13.9. The summed E-state index contributed by atoms with van der Waals surface area (Å²) >= 11 is 0. The first-order chi connectivity index (χ1) is 13.2. The van der Waals surface area contributed by atoms with Crippen molar-refractivity contribution in [1.82, 2.24) is 9.97 Å². The van der Waals surface area contributed by atoms with Crippen LogP contribution in [0, 0.1) is 24.6 Å².